The van der Waals surface area contributed by atoms with Gasteiger partial charge in [0.15, 0.2) is 0 Å². The van der Waals surface area contributed by atoms with Gasteiger partial charge < -0.3 is 16.0 Å². The van der Waals surface area contributed by atoms with Crippen molar-refractivity contribution in [2.75, 3.05) is 11.9 Å². The molecule has 1 rings (SSSR count). The Morgan fingerprint density at radius 1 is 1.50 bits per heavy atom. The summed E-state index contributed by atoms with van der Waals surface area (Å²) in [7, 11) is 2.02. The van der Waals surface area contributed by atoms with Gasteiger partial charge in [-0.05, 0) is 44.4 Å². The van der Waals surface area contributed by atoms with Crippen LogP contribution in [0.25, 0.3) is 0 Å². The van der Waals surface area contributed by atoms with E-state index >= 15 is 0 Å². The third-order valence-corrected chi connectivity index (χ3v) is 3.65. The Labute approximate surface area is 121 Å². The van der Waals surface area contributed by atoms with Crippen molar-refractivity contribution in [3.8, 4) is 0 Å². The summed E-state index contributed by atoms with van der Waals surface area (Å²) in [4.78, 5) is 17.4. The van der Waals surface area contributed by atoms with Crippen LogP contribution in [0.3, 0.4) is 0 Å². The molecule has 0 spiro atoms. The molecule has 0 saturated carbocycles. The van der Waals surface area contributed by atoms with Crippen molar-refractivity contribution >= 4 is 12.2 Å². The molecule has 20 heavy (non-hydrogen) atoms. The molecule has 5 nitrogen and oxygen atoms in total. The molecule has 1 unspecified atom stereocenters. The average Bonchev–Trinajstić information content (AvgIpc) is 2.43. The lowest BCUT2D eigenvalue weighted by atomic mass is 10.0. The van der Waals surface area contributed by atoms with Gasteiger partial charge in [-0.2, -0.15) is 0 Å². The van der Waals surface area contributed by atoms with Crippen molar-refractivity contribution in [2.45, 2.75) is 52.7 Å². The molecule has 1 atom stereocenters. The van der Waals surface area contributed by atoms with E-state index < -0.39 is 0 Å². The van der Waals surface area contributed by atoms with Gasteiger partial charge in [-0.1, -0.05) is 6.92 Å². The largest absolute Gasteiger partial charge is 0.357 e. The number of nitrogens with one attached hydrogen (secondary N) is 1. The summed E-state index contributed by atoms with van der Waals surface area (Å²) in [6.07, 6.45) is 1.52. The third-order valence-electron chi connectivity index (χ3n) is 3.65. The molecule has 0 aliphatic rings. The summed E-state index contributed by atoms with van der Waals surface area (Å²) in [6.45, 7) is 8.79. The average molecular weight is 278 g/mol. The Kier molecular flexibility index (Phi) is 5.95. The molecule has 1 heterocycles. The van der Waals surface area contributed by atoms with Crippen molar-refractivity contribution in [3.63, 3.8) is 0 Å². The molecule has 0 aromatic carbocycles. The van der Waals surface area contributed by atoms with Crippen molar-refractivity contribution in [1.82, 2.24) is 10.3 Å². The summed E-state index contributed by atoms with van der Waals surface area (Å²) in [6, 6.07) is 2.30. The topological polar surface area (TPSA) is 71.2 Å². The molecule has 0 bridgehead atoms. The quantitative estimate of drug-likeness (QED) is 0.747. The molecule has 0 saturated heterocycles. The smallest absolute Gasteiger partial charge is 0.207 e. The van der Waals surface area contributed by atoms with Crippen LogP contribution in [-0.2, 0) is 11.3 Å². The molecule has 0 aliphatic carbocycles. The summed E-state index contributed by atoms with van der Waals surface area (Å²) in [5.41, 5.74) is 9.19. The Bertz CT molecular complexity index is 459. The van der Waals surface area contributed by atoms with Gasteiger partial charge in [0.1, 0.15) is 5.82 Å². The number of anilines is 1. The van der Waals surface area contributed by atoms with Crippen LogP contribution in [-0.4, -0.2) is 24.5 Å². The van der Waals surface area contributed by atoms with Crippen molar-refractivity contribution in [2.24, 2.45) is 5.73 Å². The highest BCUT2D eigenvalue weighted by Gasteiger charge is 2.17. The maximum Gasteiger partial charge on any atom is 0.207 e. The fourth-order valence-corrected chi connectivity index (χ4v) is 2.02. The van der Waals surface area contributed by atoms with Crippen LogP contribution in [0, 0.1) is 6.92 Å². The second kappa shape index (κ2) is 7.24. The Morgan fingerprint density at radius 2 is 2.15 bits per heavy atom. The summed E-state index contributed by atoms with van der Waals surface area (Å²) < 4.78 is 0. The number of pyridine rings is 1. The van der Waals surface area contributed by atoms with Crippen LogP contribution >= 0.6 is 0 Å². The van der Waals surface area contributed by atoms with Gasteiger partial charge in [-0.3, -0.25) is 4.79 Å². The van der Waals surface area contributed by atoms with Crippen molar-refractivity contribution < 1.29 is 4.79 Å². The van der Waals surface area contributed by atoms with Gasteiger partial charge in [0, 0.05) is 25.7 Å². The first-order chi connectivity index (χ1) is 9.42. The number of aryl methyl sites for hydroxylation is 1. The van der Waals surface area contributed by atoms with E-state index in [2.05, 4.69) is 24.1 Å². The first-order valence-corrected chi connectivity index (χ1v) is 7.08. The minimum atomic E-state index is -0.113. The normalized spacial score (nSPS) is 12.3. The summed E-state index contributed by atoms with van der Waals surface area (Å²) >= 11 is 0. The lowest BCUT2D eigenvalue weighted by Crippen LogP contribution is -2.28. The highest BCUT2D eigenvalue weighted by molar-refractivity contribution is 5.50. The first-order valence-electron chi connectivity index (χ1n) is 7.08. The maximum atomic E-state index is 10.5. The molecule has 5 heteroatoms. The van der Waals surface area contributed by atoms with E-state index in [4.69, 9.17) is 10.7 Å². The summed E-state index contributed by atoms with van der Waals surface area (Å²) in [5, 5.41) is 2.71. The number of hydrogen-bond acceptors (Lipinski definition) is 4. The lowest BCUT2D eigenvalue weighted by molar-refractivity contribution is -0.109. The number of carbonyl (C=O) groups excluding carboxylic acids is 1. The maximum absolute atomic E-state index is 10.5. The van der Waals surface area contributed by atoms with Crippen LogP contribution in [0.15, 0.2) is 6.07 Å². The van der Waals surface area contributed by atoms with Gasteiger partial charge in [-0.15, -0.1) is 0 Å². The molecule has 0 fully saturated rings. The number of hydrogen-bond donors (Lipinski definition) is 2. The van der Waals surface area contributed by atoms with E-state index in [1.165, 1.54) is 0 Å². The van der Waals surface area contributed by atoms with Gasteiger partial charge >= 0.3 is 0 Å². The van der Waals surface area contributed by atoms with Gasteiger partial charge in [0.05, 0.1) is 5.69 Å². The monoisotopic (exact) mass is 278 g/mol. The molecule has 0 aliphatic heterocycles. The summed E-state index contributed by atoms with van der Waals surface area (Å²) in [5.74, 6) is 0.922. The van der Waals surface area contributed by atoms with E-state index in [0.29, 0.717) is 19.0 Å². The highest BCUT2D eigenvalue weighted by Crippen LogP contribution is 2.25. The predicted octanol–water partition coefficient (Wildman–Crippen LogP) is 1.89. The van der Waals surface area contributed by atoms with Crippen LogP contribution < -0.4 is 16.0 Å². The molecule has 3 N–H and O–H groups in total. The van der Waals surface area contributed by atoms with E-state index in [9.17, 15) is 4.79 Å². The highest BCUT2D eigenvalue weighted by atomic mass is 16.1. The fourth-order valence-electron chi connectivity index (χ4n) is 2.02. The number of amides is 1. The zero-order chi connectivity index (χ0) is 15.3. The standard InChI is InChI=1S/C15H26N4O/c1-6-13(16)15-12(8-17-9-20)11(4)7-14(18-15)19(5)10(2)3/h7,9-10,13H,6,8,16H2,1-5H3,(H,17,20). The van der Waals surface area contributed by atoms with Crippen molar-refractivity contribution in [3.05, 3.63) is 22.9 Å². The zero-order valence-corrected chi connectivity index (χ0v) is 13.1. The lowest BCUT2D eigenvalue weighted by Gasteiger charge is -2.26. The van der Waals surface area contributed by atoms with Gasteiger partial charge in [-0.25, -0.2) is 4.98 Å². The van der Waals surface area contributed by atoms with Crippen LogP contribution in [0.4, 0.5) is 5.82 Å². The van der Waals surface area contributed by atoms with Crippen LogP contribution in [0.1, 0.15) is 50.1 Å². The molecule has 1 amide bonds. The van der Waals surface area contributed by atoms with Crippen LogP contribution in [0.5, 0.6) is 0 Å². The Morgan fingerprint density at radius 3 is 2.65 bits per heavy atom. The fraction of sp³-hybridized carbons (Fsp3) is 0.600. The van der Waals surface area contributed by atoms with E-state index in [0.717, 1.165) is 29.1 Å². The second-order valence-corrected chi connectivity index (χ2v) is 5.38. The number of nitrogens with zero attached hydrogens (tertiary/aromatic N) is 2. The number of rotatable bonds is 7. The Hall–Kier alpha value is -1.62. The Balaban J connectivity index is 3.28. The van der Waals surface area contributed by atoms with Gasteiger partial charge in [0.2, 0.25) is 6.41 Å². The molecular formula is C15H26N4O. The van der Waals surface area contributed by atoms with E-state index in [1.54, 1.807) is 0 Å². The van der Waals surface area contributed by atoms with Gasteiger partial charge in [0.25, 0.3) is 0 Å². The third kappa shape index (κ3) is 3.70. The number of aromatic nitrogens is 1. The predicted molar refractivity (Wildman–Crippen MR) is 82.6 cm³/mol. The molecule has 1 aromatic heterocycles. The molecule has 112 valence electrons. The zero-order valence-electron chi connectivity index (χ0n) is 13.1. The number of nitrogens with two attached hydrogens (primary N) is 1. The van der Waals surface area contributed by atoms with E-state index in [-0.39, 0.29) is 6.04 Å². The minimum Gasteiger partial charge on any atom is -0.357 e. The molecular weight excluding hydrogens is 252 g/mol. The van der Waals surface area contributed by atoms with Crippen molar-refractivity contribution in [1.29, 1.82) is 0 Å². The first kappa shape index (κ1) is 16.4. The number of carbonyl (C=O) groups is 1. The van der Waals surface area contributed by atoms with Crippen LogP contribution in [0.2, 0.25) is 0 Å². The molecule has 1 aromatic rings. The SMILES string of the molecule is CCC(N)c1nc(N(C)C(C)C)cc(C)c1CNC=O. The molecule has 0 radical (unpaired) electrons. The minimum absolute atomic E-state index is 0.113. The van der Waals surface area contributed by atoms with E-state index in [1.807, 2.05) is 27.0 Å². The second-order valence-electron chi connectivity index (χ2n) is 5.38.